The van der Waals surface area contributed by atoms with Crippen LogP contribution in [0.4, 0.5) is 4.39 Å². The predicted octanol–water partition coefficient (Wildman–Crippen LogP) is 7.86. The van der Waals surface area contributed by atoms with E-state index in [2.05, 4.69) is 19.1 Å². The van der Waals surface area contributed by atoms with Crippen molar-refractivity contribution in [3.63, 3.8) is 0 Å². The molecular weight excluding hydrogens is 307 g/mol. The van der Waals surface area contributed by atoms with Crippen LogP contribution in [0, 0.1) is 35.5 Å². The number of hydrogen-bond donors (Lipinski definition) is 0. The van der Waals surface area contributed by atoms with Gasteiger partial charge in [0, 0.05) is 0 Å². The van der Waals surface area contributed by atoms with Crippen LogP contribution in [0.15, 0.2) is 24.6 Å². The third-order valence-electron chi connectivity index (χ3n) is 7.65. The van der Waals surface area contributed by atoms with Gasteiger partial charge >= 0.3 is 0 Å². The van der Waals surface area contributed by atoms with E-state index in [1.165, 1.54) is 77.0 Å². The minimum absolute atomic E-state index is 0.731. The van der Waals surface area contributed by atoms with Crippen LogP contribution in [0.25, 0.3) is 0 Å². The summed E-state index contributed by atoms with van der Waals surface area (Å²) in [4.78, 5) is 0. The second-order valence-electron chi connectivity index (χ2n) is 9.46. The molecular formula is C24H39F. The molecule has 1 heteroatoms. The third-order valence-corrected chi connectivity index (χ3v) is 7.65. The molecule has 0 aliphatic heterocycles. The molecule has 3 saturated carbocycles. The summed E-state index contributed by atoms with van der Waals surface area (Å²) in [5.74, 6) is 5.40. The van der Waals surface area contributed by atoms with Crippen LogP contribution in [0.5, 0.6) is 0 Å². The molecule has 0 spiro atoms. The molecule has 25 heavy (non-hydrogen) atoms. The standard InChI is InChI=1S/C24H39F/c1-19-4-6-21(7-5-19)8-9-22-12-16-24(17-13-22)23-14-10-20(11-15-23)3-2-18-25/h2,8-9,18-24H,3-7,10-17H2,1H3/b9-8?,18-2+. The first-order valence-corrected chi connectivity index (χ1v) is 11.2. The lowest BCUT2D eigenvalue weighted by Crippen LogP contribution is -2.25. The van der Waals surface area contributed by atoms with Gasteiger partial charge in [-0.3, -0.25) is 0 Å². The minimum atomic E-state index is 0.731. The van der Waals surface area contributed by atoms with Crippen LogP contribution in [-0.4, -0.2) is 0 Å². The molecule has 0 aromatic carbocycles. The van der Waals surface area contributed by atoms with Gasteiger partial charge in [0.25, 0.3) is 0 Å². The van der Waals surface area contributed by atoms with Crippen molar-refractivity contribution in [3.8, 4) is 0 Å². The zero-order valence-electron chi connectivity index (χ0n) is 16.3. The summed E-state index contributed by atoms with van der Waals surface area (Å²) < 4.78 is 12.2. The molecule has 3 aliphatic rings. The summed E-state index contributed by atoms with van der Waals surface area (Å²) in [5, 5.41) is 0. The summed E-state index contributed by atoms with van der Waals surface area (Å²) in [6, 6.07) is 0. The Balaban J connectivity index is 1.35. The van der Waals surface area contributed by atoms with E-state index in [1.54, 1.807) is 6.08 Å². The fraction of sp³-hybridized carbons (Fsp3) is 0.833. The summed E-state index contributed by atoms with van der Waals surface area (Å²) in [7, 11) is 0. The van der Waals surface area contributed by atoms with E-state index < -0.39 is 0 Å². The van der Waals surface area contributed by atoms with Crippen LogP contribution in [0.3, 0.4) is 0 Å². The van der Waals surface area contributed by atoms with Gasteiger partial charge in [-0.25, -0.2) is 4.39 Å². The van der Waals surface area contributed by atoms with Crippen molar-refractivity contribution >= 4 is 0 Å². The first-order valence-electron chi connectivity index (χ1n) is 11.2. The Morgan fingerprint density at radius 2 is 1.16 bits per heavy atom. The van der Waals surface area contributed by atoms with E-state index >= 15 is 0 Å². The topological polar surface area (TPSA) is 0 Å². The maximum Gasteiger partial charge on any atom is 0.0827 e. The lowest BCUT2D eigenvalue weighted by Gasteiger charge is -2.37. The Kier molecular flexibility index (Phi) is 7.62. The molecule has 0 bridgehead atoms. The van der Waals surface area contributed by atoms with Crippen molar-refractivity contribution in [3.05, 3.63) is 24.6 Å². The average Bonchev–Trinajstić information content (AvgIpc) is 2.67. The summed E-state index contributed by atoms with van der Waals surface area (Å²) in [6.07, 6.45) is 25.5. The van der Waals surface area contributed by atoms with Crippen molar-refractivity contribution in [1.29, 1.82) is 0 Å². The van der Waals surface area contributed by atoms with E-state index in [0.717, 1.165) is 48.3 Å². The van der Waals surface area contributed by atoms with Crippen LogP contribution in [0.2, 0.25) is 0 Å². The Morgan fingerprint density at radius 1 is 0.680 bits per heavy atom. The number of rotatable bonds is 5. The normalized spacial score (nSPS) is 40.7. The monoisotopic (exact) mass is 346 g/mol. The molecule has 142 valence electrons. The molecule has 0 nitrogen and oxygen atoms in total. The second kappa shape index (κ2) is 9.93. The molecule has 0 radical (unpaired) electrons. The first kappa shape index (κ1) is 19.2. The van der Waals surface area contributed by atoms with Crippen molar-refractivity contribution in [2.75, 3.05) is 0 Å². The van der Waals surface area contributed by atoms with Crippen molar-refractivity contribution in [1.82, 2.24) is 0 Å². The fourth-order valence-corrected chi connectivity index (χ4v) is 5.74. The predicted molar refractivity (Wildman–Crippen MR) is 106 cm³/mol. The Hall–Kier alpha value is -0.590. The van der Waals surface area contributed by atoms with Gasteiger partial charge in [-0.1, -0.05) is 38.0 Å². The van der Waals surface area contributed by atoms with Gasteiger partial charge in [0.2, 0.25) is 0 Å². The summed E-state index contributed by atoms with van der Waals surface area (Å²) >= 11 is 0. The van der Waals surface area contributed by atoms with Gasteiger partial charge in [-0.15, -0.1) is 0 Å². The van der Waals surface area contributed by atoms with E-state index in [1.807, 2.05) is 0 Å². The molecule has 0 atom stereocenters. The SMILES string of the molecule is CC1CCC(C=CC2CCC(C3CCC(C/C=C/F)CC3)CC2)CC1. The van der Waals surface area contributed by atoms with Crippen molar-refractivity contribution in [2.24, 2.45) is 35.5 Å². The third kappa shape index (κ3) is 5.97. The molecule has 0 aromatic rings. The van der Waals surface area contributed by atoms with E-state index in [-0.39, 0.29) is 0 Å². The number of hydrogen-bond acceptors (Lipinski definition) is 0. The summed E-state index contributed by atoms with van der Waals surface area (Å²) in [5.41, 5.74) is 0. The molecule has 0 aromatic heterocycles. The lowest BCUT2D eigenvalue weighted by atomic mass is 9.68. The average molecular weight is 347 g/mol. The molecule has 3 fully saturated rings. The Morgan fingerprint density at radius 3 is 1.68 bits per heavy atom. The molecule has 0 unspecified atom stereocenters. The van der Waals surface area contributed by atoms with Crippen LogP contribution >= 0.6 is 0 Å². The van der Waals surface area contributed by atoms with Gasteiger partial charge in [0.05, 0.1) is 6.33 Å². The van der Waals surface area contributed by atoms with Crippen LogP contribution < -0.4 is 0 Å². The van der Waals surface area contributed by atoms with Gasteiger partial charge in [0.1, 0.15) is 0 Å². The van der Waals surface area contributed by atoms with E-state index in [9.17, 15) is 4.39 Å². The number of halogens is 1. The first-order chi connectivity index (χ1) is 12.2. The summed E-state index contributed by atoms with van der Waals surface area (Å²) in [6.45, 7) is 2.41. The van der Waals surface area contributed by atoms with Crippen LogP contribution in [0.1, 0.15) is 90.4 Å². The van der Waals surface area contributed by atoms with Gasteiger partial charge < -0.3 is 0 Å². The van der Waals surface area contributed by atoms with Gasteiger partial charge in [-0.05, 0) is 106 Å². The lowest BCUT2D eigenvalue weighted by molar-refractivity contribution is 0.156. The maximum atomic E-state index is 12.2. The highest BCUT2D eigenvalue weighted by Gasteiger charge is 2.30. The quantitative estimate of drug-likeness (QED) is 0.444. The van der Waals surface area contributed by atoms with Crippen molar-refractivity contribution < 1.29 is 4.39 Å². The van der Waals surface area contributed by atoms with Crippen LogP contribution in [-0.2, 0) is 0 Å². The highest BCUT2D eigenvalue weighted by Crippen LogP contribution is 2.42. The molecule has 3 aliphatic carbocycles. The highest BCUT2D eigenvalue weighted by atomic mass is 19.1. The zero-order valence-corrected chi connectivity index (χ0v) is 16.3. The zero-order chi connectivity index (χ0) is 17.5. The highest BCUT2D eigenvalue weighted by molar-refractivity contribution is 4.96. The van der Waals surface area contributed by atoms with Gasteiger partial charge in [0.15, 0.2) is 0 Å². The Bertz CT molecular complexity index is 413. The molecule has 0 N–H and O–H groups in total. The fourth-order valence-electron chi connectivity index (χ4n) is 5.74. The molecule has 0 amide bonds. The Labute approximate surface area is 155 Å². The molecule has 3 rings (SSSR count). The second-order valence-corrected chi connectivity index (χ2v) is 9.46. The minimum Gasteiger partial charge on any atom is -0.216 e. The van der Waals surface area contributed by atoms with Crippen molar-refractivity contribution in [2.45, 2.75) is 90.4 Å². The van der Waals surface area contributed by atoms with E-state index in [4.69, 9.17) is 0 Å². The van der Waals surface area contributed by atoms with E-state index in [0.29, 0.717) is 0 Å². The largest absolute Gasteiger partial charge is 0.216 e. The smallest absolute Gasteiger partial charge is 0.0827 e. The molecule has 0 saturated heterocycles. The number of allylic oxidation sites excluding steroid dienone is 3. The molecule has 0 heterocycles. The van der Waals surface area contributed by atoms with Gasteiger partial charge in [-0.2, -0.15) is 0 Å². The maximum absolute atomic E-state index is 12.2.